The van der Waals surface area contributed by atoms with Gasteiger partial charge in [0.15, 0.2) is 0 Å². The van der Waals surface area contributed by atoms with Gasteiger partial charge in [0.25, 0.3) is 10.0 Å². The average molecular weight is 572 g/mol. The summed E-state index contributed by atoms with van der Waals surface area (Å²) in [7, 11) is -6.32. The summed E-state index contributed by atoms with van der Waals surface area (Å²) >= 11 is 0. The van der Waals surface area contributed by atoms with E-state index in [0.29, 0.717) is 24.5 Å². The van der Waals surface area contributed by atoms with Crippen LogP contribution in [0.25, 0.3) is 0 Å². The van der Waals surface area contributed by atoms with Crippen molar-refractivity contribution in [2.24, 2.45) is 0 Å². The zero-order valence-electron chi connectivity index (χ0n) is 22.0. The minimum atomic E-state index is -4.12. The van der Waals surface area contributed by atoms with Crippen LogP contribution in [-0.4, -0.2) is 53.8 Å². The van der Waals surface area contributed by atoms with E-state index in [4.69, 9.17) is 4.74 Å². The lowest BCUT2D eigenvalue weighted by atomic mass is 10.2. The molecule has 1 N–H and O–H groups in total. The SMILES string of the molecule is COc1ccc(C)cc1N(CC(=O)Nc1ccc(S(=O)(=O)N2CCCCCC2)cc1)S(=O)(=O)c1ccccc1. The summed E-state index contributed by atoms with van der Waals surface area (Å²) in [5, 5.41) is 2.69. The van der Waals surface area contributed by atoms with Crippen molar-refractivity contribution in [1.29, 1.82) is 0 Å². The quantitative estimate of drug-likeness (QED) is 0.407. The van der Waals surface area contributed by atoms with E-state index < -0.39 is 32.5 Å². The number of anilines is 2. The van der Waals surface area contributed by atoms with Crippen LogP contribution in [0, 0.1) is 6.92 Å². The fourth-order valence-electron chi connectivity index (χ4n) is 4.49. The van der Waals surface area contributed by atoms with E-state index in [2.05, 4.69) is 5.32 Å². The molecule has 1 fully saturated rings. The molecule has 3 aromatic carbocycles. The van der Waals surface area contributed by atoms with Gasteiger partial charge >= 0.3 is 0 Å². The molecule has 0 radical (unpaired) electrons. The zero-order chi connectivity index (χ0) is 28.0. The van der Waals surface area contributed by atoms with Crippen molar-refractivity contribution >= 4 is 37.3 Å². The Balaban J connectivity index is 1.58. The molecule has 0 saturated carbocycles. The highest BCUT2D eigenvalue weighted by molar-refractivity contribution is 7.93. The van der Waals surface area contributed by atoms with Crippen molar-refractivity contribution in [2.75, 3.05) is 36.4 Å². The second-order valence-corrected chi connectivity index (χ2v) is 13.2. The molecule has 1 heterocycles. The normalized spacial score (nSPS) is 14.8. The second-order valence-electron chi connectivity index (χ2n) is 9.39. The van der Waals surface area contributed by atoms with Crippen LogP contribution in [0.3, 0.4) is 0 Å². The van der Waals surface area contributed by atoms with Crippen LogP contribution in [0.15, 0.2) is 82.6 Å². The Morgan fingerprint density at radius 1 is 0.872 bits per heavy atom. The first-order valence-electron chi connectivity index (χ1n) is 12.8. The Bertz CT molecular complexity index is 1500. The Hall–Kier alpha value is -3.41. The van der Waals surface area contributed by atoms with Gasteiger partial charge in [-0.3, -0.25) is 9.10 Å². The number of ether oxygens (including phenoxy) is 1. The molecule has 0 aliphatic carbocycles. The maximum absolute atomic E-state index is 13.6. The number of rotatable bonds is 9. The Kier molecular flexibility index (Phi) is 8.94. The van der Waals surface area contributed by atoms with E-state index in [1.54, 1.807) is 36.4 Å². The lowest BCUT2D eigenvalue weighted by Crippen LogP contribution is -2.38. The van der Waals surface area contributed by atoms with E-state index in [0.717, 1.165) is 35.6 Å². The molecule has 4 rings (SSSR count). The molecule has 1 saturated heterocycles. The number of sulfonamides is 2. The number of nitrogens with zero attached hydrogens (tertiary/aromatic N) is 2. The summed E-state index contributed by atoms with van der Waals surface area (Å²) in [6, 6.07) is 18.9. The highest BCUT2D eigenvalue weighted by atomic mass is 32.2. The van der Waals surface area contributed by atoms with Gasteiger partial charge in [0.1, 0.15) is 12.3 Å². The van der Waals surface area contributed by atoms with Crippen LogP contribution in [0.4, 0.5) is 11.4 Å². The number of hydrogen-bond donors (Lipinski definition) is 1. The van der Waals surface area contributed by atoms with Crippen LogP contribution in [-0.2, 0) is 24.8 Å². The van der Waals surface area contributed by atoms with E-state index >= 15 is 0 Å². The largest absolute Gasteiger partial charge is 0.495 e. The first-order chi connectivity index (χ1) is 18.6. The van der Waals surface area contributed by atoms with Crippen molar-refractivity contribution in [3.63, 3.8) is 0 Å². The van der Waals surface area contributed by atoms with Gasteiger partial charge in [0, 0.05) is 18.8 Å². The highest BCUT2D eigenvalue weighted by Gasteiger charge is 2.30. The van der Waals surface area contributed by atoms with E-state index in [9.17, 15) is 21.6 Å². The molecule has 0 unspecified atom stereocenters. The molecule has 11 heteroatoms. The van der Waals surface area contributed by atoms with Gasteiger partial charge in [0.2, 0.25) is 15.9 Å². The Morgan fingerprint density at radius 2 is 1.51 bits per heavy atom. The fourth-order valence-corrected chi connectivity index (χ4v) is 7.45. The topological polar surface area (TPSA) is 113 Å². The number of hydrogen-bond acceptors (Lipinski definition) is 6. The molecule has 9 nitrogen and oxygen atoms in total. The minimum absolute atomic E-state index is 0.0319. The summed E-state index contributed by atoms with van der Waals surface area (Å²) in [5.74, 6) is -0.294. The molecular formula is C28H33N3O6S2. The number of benzene rings is 3. The van der Waals surface area contributed by atoms with Crippen molar-refractivity contribution < 1.29 is 26.4 Å². The van der Waals surface area contributed by atoms with Crippen molar-refractivity contribution in [1.82, 2.24) is 4.31 Å². The van der Waals surface area contributed by atoms with Crippen LogP contribution in [0.1, 0.15) is 31.2 Å². The Labute approximate surface area is 230 Å². The van der Waals surface area contributed by atoms with Gasteiger partial charge in [-0.25, -0.2) is 16.8 Å². The summed E-state index contributed by atoms with van der Waals surface area (Å²) in [6.07, 6.45) is 3.70. The van der Waals surface area contributed by atoms with Crippen LogP contribution in [0.2, 0.25) is 0 Å². The lowest BCUT2D eigenvalue weighted by Gasteiger charge is -2.26. The van der Waals surface area contributed by atoms with Crippen molar-refractivity contribution in [2.45, 2.75) is 42.4 Å². The maximum Gasteiger partial charge on any atom is 0.264 e. The molecule has 0 aromatic heterocycles. The molecule has 3 aromatic rings. The van der Waals surface area contributed by atoms with Gasteiger partial charge in [0.05, 0.1) is 22.6 Å². The molecule has 1 amide bonds. The van der Waals surface area contributed by atoms with Crippen molar-refractivity contribution in [3.8, 4) is 5.75 Å². The number of methoxy groups -OCH3 is 1. The smallest absolute Gasteiger partial charge is 0.264 e. The third-order valence-corrected chi connectivity index (χ3v) is 10.2. The standard InChI is InChI=1S/C28H33N3O6S2/c1-22-12-17-27(37-2)26(20-22)31(39(35,36)24-10-6-5-7-11-24)21-28(32)29-23-13-15-25(16-14-23)38(33,34)30-18-8-3-4-9-19-30/h5-7,10-17,20H,3-4,8-9,18-19,21H2,1-2H3,(H,29,32). The monoisotopic (exact) mass is 571 g/mol. The molecule has 208 valence electrons. The predicted octanol–water partition coefficient (Wildman–Crippen LogP) is 4.40. The van der Waals surface area contributed by atoms with Crippen molar-refractivity contribution in [3.05, 3.63) is 78.4 Å². The molecular weight excluding hydrogens is 538 g/mol. The summed E-state index contributed by atoms with van der Waals surface area (Å²) in [4.78, 5) is 13.3. The van der Waals surface area contributed by atoms with Crippen LogP contribution >= 0.6 is 0 Å². The van der Waals surface area contributed by atoms with Gasteiger partial charge < -0.3 is 10.1 Å². The highest BCUT2D eigenvalue weighted by Crippen LogP contribution is 2.33. The molecule has 0 bridgehead atoms. The van der Waals surface area contributed by atoms with Gasteiger partial charge in [-0.1, -0.05) is 37.1 Å². The number of amides is 1. The van der Waals surface area contributed by atoms with E-state index in [1.165, 1.54) is 47.8 Å². The van der Waals surface area contributed by atoms with E-state index in [1.807, 2.05) is 6.92 Å². The molecule has 39 heavy (non-hydrogen) atoms. The lowest BCUT2D eigenvalue weighted by molar-refractivity contribution is -0.114. The number of aryl methyl sites for hydroxylation is 1. The van der Waals surface area contributed by atoms with Gasteiger partial charge in [-0.15, -0.1) is 0 Å². The zero-order valence-corrected chi connectivity index (χ0v) is 23.7. The van der Waals surface area contributed by atoms with Crippen LogP contribution in [0.5, 0.6) is 5.75 Å². The third-order valence-electron chi connectivity index (χ3n) is 6.56. The maximum atomic E-state index is 13.6. The number of carbonyl (C=O) groups excluding carboxylic acids is 1. The van der Waals surface area contributed by atoms with Crippen LogP contribution < -0.4 is 14.4 Å². The summed E-state index contributed by atoms with van der Waals surface area (Å²) in [6.45, 7) is 2.28. The first kappa shape index (κ1) is 28.6. The minimum Gasteiger partial charge on any atom is -0.495 e. The molecule has 1 aliphatic heterocycles. The summed E-state index contributed by atoms with van der Waals surface area (Å²) in [5.41, 5.74) is 1.37. The average Bonchev–Trinajstić information content (AvgIpc) is 3.23. The van der Waals surface area contributed by atoms with Gasteiger partial charge in [-0.2, -0.15) is 4.31 Å². The van der Waals surface area contributed by atoms with E-state index in [-0.39, 0.29) is 15.5 Å². The van der Waals surface area contributed by atoms with Gasteiger partial charge in [-0.05, 0) is 73.9 Å². The number of nitrogens with one attached hydrogen (secondary N) is 1. The Morgan fingerprint density at radius 3 is 2.13 bits per heavy atom. The molecule has 0 spiro atoms. The molecule has 0 atom stereocenters. The first-order valence-corrected chi connectivity index (χ1v) is 15.6. The second kappa shape index (κ2) is 12.2. The third kappa shape index (κ3) is 6.60. The fraction of sp³-hybridized carbons (Fsp3) is 0.321. The summed E-state index contributed by atoms with van der Waals surface area (Å²) < 4.78 is 61.4. The number of carbonyl (C=O) groups is 1. The molecule has 1 aliphatic rings. The predicted molar refractivity (Wildman–Crippen MR) is 151 cm³/mol.